The third-order valence-electron chi connectivity index (χ3n) is 4.11. The number of benzene rings is 1. The molecule has 6 nitrogen and oxygen atoms in total. The van der Waals surface area contributed by atoms with Crippen molar-refractivity contribution in [1.82, 2.24) is 25.0 Å². The number of para-hydroxylation sites is 2. The highest BCUT2D eigenvalue weighted by atomic mass is 15.4. The van der Waals surface area contributed by atoms with E-state index in [1.165, 1.54) is 12.8 Å². The van der Waals surface area contributed by atoms with Crippen LogP contribution >= 0.6 is 0 Å². The van der Waals surface area contributed by atoms with Gasteiger partial charge in [-0.2, -0.15) is 0 Å². The van der Waals surface area contributed by atoms with Crippen molar-refractivity contribution < 1.29 is 0 Å². The lowest BCUT2D eigenvalue weighted by atomic mass is 9.98. The van der Waals surface area contributed by atoms with Crippen molar-refractivity contribution in [2.75, 3.05) is 18.0 Å². The first-order chi connectivity index (χ1) is 10.4. The second kappa shape index (κ2) is 5.20. The van der Waals surface area contributed by atoms with E-state index in [0.29, 0.717) is 5.92 Å². The quantitative estimate of drug-likeness (QED) is 0.799. The number of nitrogens with one attached hydrogen (secondary N) is 1. The molecule has 1 fully saturated rings. The van der Waals surface area contributed by atoms with Gasteiger partial charge in [0.05, 0.1) is 17.2 Å². The van der Waals surface area contributed by atoms with E-state index < -0.39 is 0 Å². The summed E-state index contributed by atoms with van der Waals surface area (Å²) in [5.41, 5.74) is 2.14. The van der Waals surface area contributed by atoms with Gasteiger partial charge < -0.3 is 9.88 Å². The maximum atomic E-state index is 4.70. The maximum Gasteiger partial charge on any atom is 0.203 e. The van der Waals surface area contributed by atoms with Gasteiger partial charge in [-0.05, 0) is 30.9 Å². The van der Waals surface area contributed by atoms with E-state index in [4.69, 9.17) is 4.98 Å². The molecule has 108 valence electrons. The number of fused-ring (bicyclic) bond motifs is 1. The molecule has 0 bridgehead atoms. The summed E-state index contributed by atoms with van der Waals surface area (Å²) in [6, 6.07) is 8.18. The summed E-state index contributed by atoms with van der Waals surface area (Å²) >= 11 is 0. The van der Waals surface area contributed by atoms with Gasteiger partial charge in [0.1, 0.15) is 0 Å². The van der Waals surface area contributed by atoms with E-state index in [1.807, 2.05) is 29.1 Å². The summed E-state index contributed by atoms with van der Waals surface area (Å²) in [7, 11) is 0. The van der Waals surface area contributed by atoms with E-state index in [0.717, 1.165) is 36.6 Å². The minimum atomic E-state index is 0.591. The minimum absolute atomic E-state index is 0.591. The van der Waals surface area contributed by atoms with E-state index in [9.17, 15) is 0 Å². The van der Waals surface area contributed by atoms with Crippen molar-refractivity contribution in [2.45, 2.75) is 19.4 Å². The topological polar surface area (TPSA) is 62.6 Å². The smallest absolute Gasteiger partial charge is 0.203 e. The van der Waals surface area contributed by atoms with E-state index in [1.54, 1.807) is 6.20 Å². The fourth-order valence-electron chi connectivity index (χ4n) is 3.09. The van der Waals surface area contributed by atoms with Crippen molar-refractivity contribution in [3.8, 4) is 0 Å². The monoisotopic (exact) mass is 282 g/mol. The van der Waals surface area contributed by atoms with Gasteiger partial charge in [0.15, 0.2) is 0 Å². The first-order valence-corrected chi connectivity index (χ1v) is 7.42. The molecule has 4 rings (SSSR count). The molecule has 0 spiro atoms. The molecular weight excluding hydrogens is 264 g/mol. The summed E-state index contributed by atoms with van der Waals surface area (Å²) in [4.78, 5) is 10.5. The molecule has 21 heavy (non-hydrogen) atoms. The van der Waals surface area contributed by atoms with Crippen LogP contribution in [-0.4, -0.2) is 38.1 Å². The number of rotatable bonds is 3. The van der Waals surface area contributed by atoms with Gasteiger partial charge in [-0.1, -0.05) is 17.3 Å². The van der Waals surface area contributed by atoms with Crippen LogP contribution < -0.4 is 4.90 Å². The fourth-order valence-corrected chi connectivity index (χ4v) is 3.09. The molecule has 0 saturated carbocycles. The van der Waals surface area contributed by atoms with Crippen LogP contribution in [0.25, 0.3) is 11.0 Å². The number of piperidine rings is 1. The molecule has 3 heterocycles. The molecule has 1 N–H and O–H groups in total. The summed E-state index contributed by atoms with van der Waals surface area (Å²) in [5, 5.41) is 7.94. The third-order valence-corrected chi connectivity index (χ3v) is 4.11. The normalized spacial score (nSPS) is 19.2. The molecule has 1 atom stereocenters. The molecule has 6 heteroatoms. The molecule has 1 unspecified atom stereocenters. The number of H-pyrrole nitrogens is 1. The number of hydrogen-bond donors (Lipinski definition) is 1. The van der Waals surface area contributed by atoms with Gasteiger partial charge in [-0.15, -0.1) is 5.10 Å². The van der Waals surface area contributed by atoms with E-state index in [2.05, 4.69) is 26.3 Å². The molecule has 2 aromatic heterocycles. The Morgan fingerprint density at radius 3 is 3.10 bits per heavy atom. The molecule has 0 aliphatic carbocycles. The van der Waals surface area contributed by atoms with Gasteiger partial charge in [-0.3, -0.25) is 4.68 Å². The van der Waals surface area contributed by atoms with Gasteiger partial charge in [0.2, 0.25) is 5.95 Å². The molecule has 1 saturated heterocycles. The van der Waals surface area contributed by atoms with Gasteiger partial charge >= 0.3 is 0 Å². The van der Waals surface area contributed by atoms with Crippen molar-refractivity contribution in [1.29, 1.82) is 0 Å². The van der Waals surface area contributed by atoms with E-state index in [-0.39, 0.29) is 0 Å². The average Bonchev–Trinajstić information content (AvgIpc) is 3.16. The molecule has 1 aromatic carbocycles. The highest BCUT2D eigenvalue weighted by molar-refractivity contribution is 5.77. The zero-order valence-electron chi connectivity index (χ0n) is 11.8. The molecule has 0 amide bonds. The summed E-state index contributed by atoms with van der Waals surface area (Å²) < 4.78 is 1.92. The number of anilines is 1. The predicted octanol–water partition coefficient (Wildman–Crippen LogP) is 2.07. The van der Waals surface area contributed by atoms with E-state index >= 15 is 0 Å². The number of nitrogens with zero attached hydrogens (tertiary/aromatic N) is 5. The predicted molar refractivity (Wildman–Crippen MR) is 81.1 cm³/mol. The number of imidazole rings is 1. The first-order valence-electron chi connectivity index (χ1n) is 7.42. The largest absolute Gasteiger partial charge is 0.342 e. The highest BCUT2D eigenvalue weighted by Gasteiger charge is 2.22. The molecular formula is C15H18N6. The number of hydrogen-bond acceptors (Lipinski definition) is 4. The Bertz CT molecular complexity index is 684. The lowest BCUT2D eigenvalue weighted by Crippen LogP contribution is -2.37. The average molecular weight is 282 g/mol. The Kier molecular flexibility index (Phi) is 3.06. The second-order valence-corrected chi connectivity index (χ2v) is 5.66. The minimum Gasteiger partial charge on any atom is -0.342 e. The van der Waals surface area contributed by atoms with Gasteiger partial charge in [-0.25, -0.2) is 4.98 Å². The zero-order valence-corrected chi connectivity index (χ0v) is 11.8. The van der Waals surface area contributed by atoms with Crippen LogP contribution in [0.5, 0.6) is 0 Å². The Hall–Kier alpha value is -2.37. The number of aromatic amines is 1. The van der Waals surface area contributed by atoms with Crippen LogP contribution in [0.4, 0.5) is 5.95 Å². The molecule has 1 aliphatic rings. The van der Waals surface area contributed by atoms with Crippen LogP contribution in [0.15, 0.2) is 36.7 Å². The Balaban J connectivity index is 1.52. The number of aromatic nitrogens is 5. The lowest BCUT2D eigenvalue weighted by molar-refractivity contribution is 0.346. The van der Waals surface area contributed by atoms with Crippen LogP contribution in [0.2, 0.25) is 0 Å². The van der Waals surface area contributed by atoms with Crippen molar-refractivity contribution in [3.63, 3.8) is 0 Å². The lowest BCUT2D eigenvalue weighted by Gasteiger charge is -2.32. The summed E-state index contributed by atoms with van der Waals surface area (Å²) in [5.74, 6) is 1.58. The van der Waals surface area contributed by atoms with Gasteiger partial charge in [0, 0.05) is 25.8 Å². The first kappa shape index (κ1) is 12.4. The molecule has 3 aromatic rings. The SMILES string of the molecule is c1ccc2[nH]c(N3CCCC(Cn4ccnn4)C3)nc2c1. The van der Waals surface area contributed by atoms with Gasteiger partial charge in [0.25, 0.3) is 0 Å². The zero-order chi connectivity index (χ0) is 14.1. The second-order valence-electron chi connectivity index (χ2n) is 5.66. The van der Waals surface area contributed by atoms with Crippen LogP contribution in [-0.2, 0) is 6.54 Å². The molecule has 0 radical (unpaired) electrons. The summed E-state index contributed by atoms with van der Waals surface area (Å²) in [6.07, 6.45) is 6.09. The maximum absolute atomic E-state index is 4.70. The van der Waals surface area contributed by atoms with Crippen LogP contribution in [0.1, 0.15) is 12.8 Å². The standard InChI is InChI=1S/C15H18N6/c1-2-6-14-13(5-1)17-15(18-14)20-8-3-4-12(10-20)11-21-9-7-16-19-21/h1-2,5-7,9,12H,3-4,8,10-11H2,(H,17,18). The Morgan fingerprint density at radius 2 is 2.24 bits per heavy atom. The Morgan fingerprint density at radius 1 is 1.29 bits per heavy atom. The summed E-state index contributed by atoms with van der Waals surface area (Å²) in [6.45, 7) is 3.00. The Labute approximate surface area is 122 Å². The van der Waals surface area contributed by atoms with Crippen LogP contribution in [0, 0.1) is 5.92 Å². The highest BCUT2D eigenvalue weighted by Crippen LogP contribution is 2.24. The molecule has 1 aliphatic heterocycles. The third kappa shape index (κ3) is 2.49. The fraction of sp³-hybridized carbons (Fsp3) is 0.400. The van der Waals surface area contributed by atoms with Crippen LogP contribution in [0.3, 0.4) is 0 Å². The van der Waals surface area contributed by atoms with Crippen molar-refractivity contribution in [2.24, 2.45) is 5.92 Å². The van der Waals surface area contributed by atoms with Crippen molar-refractivity contribution in [3.05, 3.63) is 36.7 Å². The van der Waals surface area contributed by atoms with Crippen molar-refractivity contribution >= 4 is 17.0 Å².